The number of nitrogens with one attached hydrogen (secondary N) is 1. The van der Waals surface area contributed by atoms with Crippen molar-refractivity contribution in [3.63, 3.8) is 0 Å². The predicted molar refractivity (Wildman–Crippen MR) is 119 cm³/mol. The number of carbonyl (C=O) groups excluding carboxylic acids is 2. The third-order valence-electron chi connectivity index (χ3n) is 4.50. The van der Waals surface area contributed by atoms with Crippen LogP contribution in [0, 0.1) is 11.3 Å². The Kier molecular flexibility index (Phi) is 7.35. The number of nitrogens with zero attached hydrogens (tertiary/aromatic N) is 4. The highest BCUT2D eigenvalue weighted by molar-refractivity contribution is 7.99. The average molecular weight is 432 g/mol. The van der Waals surface area contributed by atoms with Gasteiger partial charge in [-0.15, -0.1) is 16.8 Å². The summed E-state index contributed by atoms with van der Waals surface area (Å²) < 4.78 is 1.83. The van der Waals surface area contributed by atoms with Gasteiger partial charge < -0.3 is 9.88 Å². The van der Waals surface area contributed by atoms with Gasteiger partial charge in [0.25, 0.3) is 5.91 Å². The highest BCUT2D eigenvalue weighted by Gasteiger charge is 2.20. The van der Waals surface area contributed by atoms with Gasteiger partial charge in [0.1, 0.15) is 0 Å². The lowest BCUT2D eigenvalue weighted by molar-refractivity contribution is 0.0937. The fourth-order valence-corrected chi connectivity index (χ4v) is 3.76. The van der Waals surface area contributed by atoms with E-state index in [4.69, 9.17) is 5.26 Å². The van der Waals surface area contributed by atoms with E-state index in [1.165, 1.54) is 11.8 Å². The van der Waals surface area contributed by atoms with Crippen LogP contribution in [0.3, 0.4) is 0 Å². The zero-order chi connectivity index (χ0) is 22.2. The molecule has 0 saturated carbocycles. The number of Topliss-reactive ketones (excluding diaryl/α,β-unsaturated/α-hetero) is 1. The molecule has 0 saturated heterocycles. The summed E-state index contributed by atoms with van der Waals surface area (Å²) in [7, 11) is 0. The smallest absolute Gasteiger partial charge is 0.251 e. The fraction of sp³-hybridized carbons (Fsp3) is 0.174. The average Bonchev–Trinajstić information content (AvgIpc) is 3.21. The molecule has 3 aromatic rings. The number of hydrogen-bond donors (Lipinski definition) is 1. The zero-order valence-electron chi connectivity index (χ0n) is 17.0. The van der Waals surface area contributed by atoms with Crippen LogP contribution >= 0.6 is 11.8 Å². The van der Waals surface area contributed by atoms with Crippen LogP contribution in [0.25, 0.3) is 0 Å². The summed E-state index contributed by atoms with van der Waals surface area (Å²) in [5.74, 6) is 0.477. The van der Waals surface area contributed by atoms with Crippen LogP contribution in [0.15, 0.2) is 72.4 Å². The molecule has 1 aromatic heterocycles. The van der Waals surface area contributed by atoms with Crippen molar-refractivity contribution in [1.29, 1.82) is 5.26 Å². The number of thioether (sulfide) groups is 1. The fourth-order valence-electron chi connectivity index (χ4n) is 2.91. The molecule has 1 N–H and O–H groups in total. The Morgan fingerprint density at radius 1 is 1.16 bits per heavy atom. The van der Waals surface area contributed by atoms with Crippen LogP contribution in [0.2, 0.25) is 0 Å². The standard InChI is InChI=1S/C23H21N5O2S/c1-3-13-28-21(16(2)25-22(30)19-7-5-4-6-8-19)26-27-23(28)31-15-20(29)18-11-9-17(14-24)10-12-18/h3-12,16H,1,13,15H2,2H3,(H,25,30)/t16-/m0/s1. The van der Waals surface area contributed by atoms with Crippen molar-refractivity contribution in [3.05, 3.63) is 89.8 Å². The van der Waals surface area contributed by atoms with Gasteiger partial charge in [-0.2, -0.15) is 5.26 Å². The second-order valence-corrected chi connectivity index (χ2v) is 7.64. The van der Waals surface area contributed by atoms with Crippen LogP contribution in [0.4, 0.5) is 0 Å². The molecule has 0 aliphatic heterocycles. The molecule has 31 heavy (non-hydrogen) atoms. The summed E-state index contributed by atoms with van der Waals surface area (Å²) in [6.45, 7) is 6.06. The molecule has 0 unspecified atom stereocenters. The van der Waals surface area contributed by atoms with Crippen LogP contribution in [0.5, 0.6) is 0 Å². The van der Waals surface area contributed by atoms with E-state index in [9.17, 15) is 9.59 Å². The van der Waals surface area contributed by atoms with E-state index >= 15 is 0 Å². The largest absolute Gasteiger partial charge is 0.342 e. The first kappa shape index (κ1) is 22.0. The van der Waals surface area contributed by atoms with Gasteiger partial charge in [-0.3, -0.25) is 9.59 Å². The highest BCUT2D eigenvalue weighted by atomic mass is 32.2. The number of amides is 1. The number of allylic oxidation sites excluding steroid dienone is 1. The topological polar surface area (TPSA) is 101 Å². The molecule has 0 bridgehead atoms. The lowest BCUT2D eigenvalue weighted by Gasteiger charge is -2.15. The van der Waals surface area contributed by atoms with Crippen molar-refractivity contribution >= 4 is 23.5 Å². The Labute approximate surface area is 184 Å². The van der Waals surface area contributed by atoms with Gasteiger partial charge in [-0.25, -0.2) is 0 Å². The molecule has 7 nitrogen and oxygen atoms in total. The van der Waals surface area contributed by atoms with E-state index in [0.717, 1.165) is 0 Å². The van der Waals surface area contributed by atoms with Crippen molar-refractivity contribution in [3.8, 4) is 6.07 Å². The summed E-state index contributed by atoms with van der Waals surface area (Å²) in [6, 6.07) is 17.1. The molecule has 3 rings (SSSR count). The first-order chi connectivity index (χ1) is 15.0. The number of nitriles is 1. The van der Waals surface area contributed by atoms with Crippen LogP contribution in [0.1, 0.15) is 45.1 Å². The lowest BCUT2D eigenvalue weighted by Crippen LogP contribution is -2.28. The van der Waals surface area contributed by atoms with Gasteiger partial charge in [0.15, 0.2) is 16.8 Å². The lowest BCUT2D eigenvalue weighted by atomic mass is 10.1. The summed E-state index contributed by atoms with van der Waals surface area (Å²) in [5.41, 5.74) is 1.60. The minimum absolute atomic E-state index is 0.0744. The van der Waals surface area contributed by atoms with Crippen LogP contribution in [-0.4, -0.2) is 32.2 Å². The van der Waals surface area contributed by atoms with E-state index < -0.39 is 0 Å². The number of carbonyl (C=O) groups is 2. The van der Waals surface area contributed by atoms with Gasteiger partial charge in [-0.05, 0) is 31.2 Å². The van der Waals surface area contributed by atoms with Crippen LogP contribution < -0.4 is 5.32 Å². The minimum Gasteiger partial charge on any atom is -0.342 e. The first-order valence-corrected chi connectivity index (χ1v) is 10.6. The quantitative estimate of drug-likeness (QED) is 0.314. The molecular formula is C23H21N5O2S. The highest BCUT2D eigenvalue weighted by Crippen LogP contribution is 2.22. The van der Waals surface area contributed by atoms with Crippen LogP contribution in [-0.2, 0) is 6.54 Å². The van der Waals surface area contributed by atoms with Gasteiger partial charge in [-0.1, -0.05) is 48.2 Å². The number of hydrogen-bond acceptors (Lipinski definition) is 6. The predicted octanol–water partition coefficient (Wildman–Crippen LogP) is 3.80. The molecule has 2 aromatic carbocycles. The number of rotatable bonds is 9. The normalized spacial score (nSPS) is 11.4. The maximum Gasteiger partial charge on any atom is 0.251 e. The van der Waals surface area contributed by atoms with Crippen molar-refractivity contribution in [2.45, 2.75) is 24.7 Å². The molecule has 0 aliphatic rings. The summed E-state index contributed by atoms with van der Waals surface area (Å²) in [4.78, 5) is 25.0. The Morgan fingerprint density at radius 2 is 1.87 bits per heavy atom. The molecule has 1 amide bonds. The third-order valence-corrected chi connectivity index (χ3v) is 5.46. The van der Waals surface area contributed by atoms with E-state index in [1.54, 1.807) is 54.6 Å². The molecule has 0 fully saturated rings. The zero-order valence-corrected chi connectivity index (χ0v) is 17.8. The maximum absolute atomic E-state index is 12.5. The Bertz CT molecular complexity index is 1120. The van der Waals surface area contributed by atoms with Crippen molar-refractivity contribution < 1.29 is 9.59 Å². The first-order valence-electron chi connectivity index (χ1n) is 9.59. The van der Waals surface area contributed by atoms with Crippen molar-refractivity contribution in [1.82, 2.24) is 20.1 Å². The van der Waals surface area contributed by atoms with Crippen molar-refractivity contribution in [2.24, 2.45) is 0 Å². The van der Waals surface area contributed by atoms with E-state index in [1.807, 2.05) is 23.6 Å². The number of benzene rings is 2. The molecule has 156 valence electrons. The number of ketones is 1. The Morgan fingerprint density at radius 3 is 2.52 bits per heavy atom. The minimum atomic E-state index is -0.385. The second kappa shape index (κ2) is 10.4. The SMILES string of the molecule is C=CCn1c(SCC(=O)c2ccc(C#N)cc2)nnc1[C@H](C)NC(=O)c1ccccc1. The monoisotopic (exact) mass is 431 g/mol. The molecular weight excluding hydrogens is 410 g/mol. The molecule has 1 heterocycles. The number of aromatic nitrogens is 3. The summed E-state index contributed by atoms with van der Waals surface area (Å²) in [6.07, 6.45) is 1.71. The van der Waals surface area contributed by atoms with Crippen molar-refractivity contribution in [2.75, 3.05) is 5.75 Å². The molecule has 8 heteroatoms. The summed E-state index contributed by atoms with van der Waals surface area (Å²) >= 11 is 1.27. The second-order valence-electron chi connectivity index (χ2n) is 6.70. The maximum atomic E-state index is 12.5. The van der Waals surface area contributed by atoms with Gasteiger partial charge in [0, 0.05) is 17.7 Å². The molecule has 0 spiro atoms. The Hall–Kier alpha value is -3.70. The third kappa shape index (κ3) is 5.47. The van der Waals surface area contributed by atoms with Gasteiger partial charge >= 0.3 is 0 Å². The summed E-state index contributed by atoms with van der Waals surface area (Å²) in [5, 5.41) is 20.8. The van der Waals surface area contributed by atoms with E-state index in [0.29, 0.717) is 34.2 Å². The molecule has 0 aliphatic carbocycles. The van der Waals surface area contributed by atoms with E-state index in [2.05, 4.69) is 22.1 Å². The van der Waals surface area contributed by atoms with Gasteiger partial charge in [0.2, 0.25) is 0 Å². The van der Waals surface area contributed by atoms with E-state index in [-0.39, 0.29) is 23.5 Å². The Balaban J connectivity index is 1.70. The molecule has 1 atom stereocenters. The van der Waals surface area contributed by atoms with Gasteiger partial charge in [0.05, 0.1) is 23.4 Å². The molecule has 0 radical (unpaired) electrons.